The zero-order chi connectivity index (χ0) is 23.8. The van der Waals surface area contributed by atoms with E-state index in [1.165, 1.54) is 11.8 Å². The van der Waals surface area contributed by atoms with Crippen LogP contribution < -0.4 is 15.4 Å². The number of hydrogen-bond acceptors (Lipinski definition) is 4. The molecule has 2 amide bonds. The van der Waals surface area contributed by atoms with Crippen LogP contribution in [-0.4, -0.2) is 17.6 Å². The Morgan fingerprint density at radius 3 is 2.09 bits per heavy atom. The summed E-state index contributed by atoms with van der Waals surface area (Å²) < 4.78 is 5.76. The molecule has 0 aliphatic heterocycles. The van der Waals surface area contributed by atoms with E-state index >= 15 is 0 Å². The van der Waals surface area contributed by atoms with E-state index in [1.807, 2.05) is 54.6 Å². The quantitative estimate of drug-likeness (QED) is 0.259. The van der Waals surface area contributed by atoms with Crippen molar-refractivity contribution in [2.45, 2.75) is 4.90 Å². The molecule has 0 aliphatic rings. The largest absolute Gasteiger partial charge is 0.457 e. The molecule has 170 valence electrons. The second-order valence-electron chi connectivity index (χ2n) is 7.27. The number of ether oxygens (including phenoxy) is 1. The molecular weight excluding hydrogens is 468 g/mol. The van der Waals surface area contributed by atoms with Gasteiger partial charge in [0, 0.05) is 26.9 Å². The summed E-state index contributed by atoms with van der Waals surface area (Å²) in [5.41, 5.74) is 1.85. The van der Waals surface area contributed by atoms with Crippen molar-refractivity contribution in [3.05, 3.63) is 114 Å². The first-order chi connectivity index (χ1) is 16.5. The highest BCUT2D eigenvalue weighted by Gasteiger charge is 2.08. The summed E-state index contributed by atoms with van der Waals surface area (Å²) in [6, 6.07) is 30.8. The number of carbonyl (C=O) groups excluding carboxylic acids is 2. The normalized spacial score (nSPS) is 10.4. The first-order valence-corrected chi connectivity index (χ1v) is 11.8. The molecule has 4 aromatic rings. The van der Waals surface area contributed by atoms with E-state index < -0.39 is 0 Å². The van der Waals surface area contributed by atoms with E-state index in [4.69, 9.17) is 16.3 Å². The van der Waals surface area contributed by atoms with Gasteiger partial charge in [-0.1, -0.05) is 35.9 Å². The summed E-state index contributed by atoms with van der Waals surface area (Å²) in [5, 5.41) is 6.22. The Morgan fingerprint density at radius 1 is 0.735 bits per heavy atom. The van der Waals surface area contributed by atoms with E-state index in [0.717, 1.165) is 10.6 Å². The predicted octanol–water partition coefficient (Wildman–Crippen LogP) is 7.12. The summed E-state index contributed by atoms with van der Waals surface area (Å²) >= 11 is 7.35. The molecule has 0 bridgehead atoms. The SMILES string of the molecule is O=C(CSc1ccc(NC(=O)c2cccc(Cl)c2)cc1)Nc1ccc(Oc2ccccc2)cc1. The first-order valence-electron chi connectivity index (χ1n) is 10.5. The molecule has 4 rings (SSSR count). The van der Waals surface area contributed by atoms with Gasteiger partial charge in [0.15, 0.2) is 0 Å². The number of carbonyl (C=O) groups is 2. The molecule has 0 heterocycles. The molecule has 0 fully saturated rings. The van der Waals surface area contributed by atoms with Gasteiger partial charge in [-0.3, -0.25) is 9.59 Å². The lowest BCUT2D eigenvalue weighted by molar-refractivity contribution is -0.113. The summed E-state index contributed by atoms with van der Waals surface area (Å²) in [4.78, 5) is 25.6. The van der Waals surface area contributed by atoms with Crippen molar-refractivity contribution in [3.63, 3.8) is 0 Å². The highest BCUT2D eigenvalue weighted by atomic mass is 35.5. The van der Waals surface area contributed by atoms with Crippen LogP contribution in [0, 0.1) is 0 Å². The molecule has 0 saturated carbocycles. The van der Waals surface area contributed by atoms with E-state index in [1.54, 1.807) is 48.5 Å². The fraction of sp³-hybridized carbons (Fsp3) is 0.0370. The van der Waals surface area contributed by atoms with Crippen molar-refractivity contribution in [2.24, 2.45) is 0 Å². The van der Waals surface area contributed by atoms with Crippen molar-refractivity contribution < 1.29 is 14.3 Å². The molecule has 0 unspecified atom stereocenters. The standard InChI is InChI=1S/C27H21ClN2O3S/c28-20-6-4-5-19(17-20)27(32)30-22-11-15-25(16-12-22)34-18-26(31)29-21-9-13-24(14-10-21)33-23-7-2-1-3-8-23/h1-17H,18H2,(H,29,31)(H,30,32). The van der Waals surface area contributed by atoms with Gasteiger partial charge in [0.05, 0.1) is 5.75 Å². The van der Waals surface area contributed by atoms with Crippen LogP contribution in [0.2, 0.25) is 5.02 Å². The van der Waals surface area contributed by atoms with Crippen LogP contribution in [0.1, 0.15) is 10.4 Å². The second kappa shape index (κ2) is 11.4. The summed E-state index contributed by atoms with van der Waals surface area (Å²) in [7, 11) is 0. The fourth-order valence-electron chi connectivity index (χ4n) is 3.04. The molecule has 7 heteroatoms. The number of para-hydroxylation sites is 1. The summed E-state index contributed by atoms with van der Waals surface area (Å²) in [6.45, 7) is 0. The van der Waals surface area contributed by atoms with E-state index in [0.29, 0.717) is 27.7 Å². The second-order valence-corrected chi connectivity index (χ2v) is 8.75. The average molecular weight is 489 g/mol. The van der Waals surface area contributed by atoms with Gasteiger partial charge in [-0.2, -0.15) is 0 Å². The van der Waals surface area contributed by atoms with Gasteiger partial charge < -0.3 is 15.4 Å². The van der Waals surface area contributed by atoms with Crippen LogP contribution in [0.25, 0.3) is 0 Å². The molecule has 0 aromatic heterocycles. The molecule has 0 spiro atoms. The van der Waals surface area contributed by atoms with Crippen molar-refractivity contribution in [2.75, 3.05) is 16.4 Å². The number of benzene rings is 4. The lowest BCUT2D eigenvalue weighted by atomic mass is 10.2. The Labute approximate surface area is 207 Å². The highest BCUT2D eigenvalue weighted by molar-refractivity contribution is 8.00. The van der Waals surface area contributed by atoms with Crippen molar-refractivity contribution in [1.82, 2.24) is 0 Å². The fourth-order valence-corrected chi connectivity index (χ4v) is 3.93. The van der Waals surface area contributed by atoms with E-state index in [9.17, 15) is 9.59 Å². The minimum atomic E-state index is -0.234. The molecule has 0 aliphatic carbocycles. The number of anilines is 2. The lowest BCUT2D eigenvalue weighted by Gasteiger charge is -2.09. The summed E-state index contributed by atoms with van der Waals surface area (Å²) in [6.07, 6.45) is 0. The van der Waals surface area contributed by atoms with Gasteiger partial charge in [-0.05, 0) is 78.9 Å². The molecule has 34 heavy (non-hydrogen) atoms. The smallest absolute Gasteiger partial charge is 0.255 e. The molecule has 0 atom stereocenters. The lowest BCUT2D eigenvalue weighted by Crippen LogP contribution is -2.14. The molecule has 0 radical (unpaired) electrons. The van der Waals surface area contributed by atoms with Gasteiger partial charge in [-0.25, -0.2) is 0 Å². The maximum Gasteiger partial charge on any atom is 0.255 e. The Kier molecular flexibility index (Phi) is 7.86. The zero-order valence-electron chi connectivity index (χ0n) is 18.0. The maximum atomic E-state index is 12.3. The van der Waals surface area contributed by atoms with Crippen LogP contribution in [-0.2, 0) is 4.79 Å². The third-order valence-electron chi connectivity index (χ3n) is 4.69. The predicted molar refractivity (Wildman–Crippen MR) is 138 cm³/mol. The minimum absolute atomic E-state index is 0.111. The Balaban J connectivity index is 1.24. The Hall–Kier alpha value is -3.74. The molecule has 2 N–H and O–H groups in total. The number of thioether (sulfide) groups is 1. The highest BCUT2D eigenvalue weighted by Crippen LogP contribution is 2.24. The van der Waals surface area contributed by atoms with Crippen LogP contribution >= 0.6 is 23.4 Å². The third kappa shape index (κ3) is 6.88. The van der Waals surface area contributed by atoms with E-state index in [-0.39, 0.29) is 17.6 Å². The third-order valence-corrected chi connectivity index (χ3v) is 5.93. The number of rotatable bonds is 8. The summed E-state index contributed by atoms with van der Waals surface area (Å²) in [5.74, 6) is 1.37. The van der Waals surface area contributed by atoms with Crippen LogP contribution in [0.5, 0.6) is 11.5 Å². The number of nitrogens with one attached hydrogen (secondary N) is 2. The van der Waals surface area contributed by atoms with Crippen LogP contribution in [0.3, 0.4) is 0 Å². The van der Waals surface area contributed by atoms with Gasteiger partial charge in [0.1, 0.15) is 11.5 Å². The minimum Gasteiger partial charge on any atom is -0.457 e. The monoisotopic (exact) mass is 488 g/mol. The van der Waals surface area contributed by atoms with Crippen LogP contribution in [0.4, 0.5) is 11.4 Å². The van der Waals surface area contributed by atoms with Crippen molar-refractivity contribution in [3.8, 4) is 11.5 Å². The number of amides is 2. The molecule has 0 saturated heterocycles. The number of halogens is 1. The van der Waals surface area contributed by atoms with Crippen molar-refractivity contribution in [1.29, 1.82) is 0 Å². The first kappa shape index (κ1) is 23.4. The van der Waals surface area contributed by atoms with Gasteiger partial charge in [0.2, 0.25) is 5.91 Å². The van der Waals surface area contributed by atoms with E-state index in [2.05, 4.69) is 10.6 Å². The Bertz CT molecular complexity index is 1260. The number of hydrogen-bond donors (Lipinski definition) is 2. The van der Waals surface area contributed by atoms with Crippen LogP contribution in [0.15, 0.2) is 108 Å². The average Bonchev–Trinajstić information content (AvgIpc) is 2.85. The van der Waals surface area contributed by atoms with Gasteiger partial charge in [-0.15, -0.1) is 11.8 Å². The van der Waals surface area contributed by atoms with Gasteiger partial charge >= 0.3 is 0 Å². The Morgan fingerprint density at radius 2 is 1.38 bits per heavy atom. The molecular formula is C27H21ClN2O3S. The molecule has 4 aromatic carbocycles. The molecule has 5 nitrogen and oxygen atoms in total. The zero-order valence-corrected chi connectivity index (χ0v) is 19.6. The topological polar surface area (TPSA) is 67.4 Å². The van der Waals surface area contributed by atoms with Gasteiger partial charge in [0.25, 0.3) is 5.91 Å². The van der Waals surface area contributed by atoms with Crippen molar-refractivity contribution >= 4 is 46.6 Å². The maximum absolute atomic E-state index is 12.3.